The van der Waals surface area contributed by atoms with Gasteiger partial charge < -0.3 is 14.3 Å². The first-order valence-corrected chi connectivity index (χ1v) is 8.17. The van der Waals surface area contributed by atoms with Crippen LogP contribution in [-0.2, 0) is 11.2 Å². The predicted octanol–water partition coefficient (Wildman–Crippen LogP) is 2.28. The first kappa shape index (κ1) is 16.2. The van der Waals surface area contributed by atoms with Crippen molar-refractivity contribution >= 4 is 11.8 Å². The highest BCUT2D eigenvalue weighted by molar-refractivity contribution is 5.92. The van der Waals surface area contributed by atoms with Gasteiger partial charge in [-0.3, -0.25) is 9.59 Å². The third kappa shape index (κ3) is 3.18. The number of piperazine rings is 1. The largest absolute Gasteiger partial charge is 0.361 e. The summed E-state index contributed by atoms with van der Waals surface area (Å²) in [7, 11) is 0. The maximum absolute atomic E-state index is 12.7. The van der Waals surface area contributed by atoms with Gasteiger partial charge in [0.1, 0.15) is 5.76 Å². The summed E-state index contributed by atoms with van der Waals surface area (Å²) < 4.78 is 5.13. The van der Waals surface area contributed by atoms with Crippen LogP contribution in [0.1, 0.15) is 41.7 Å². The standard InChI is InChI=1S/C18H21N3O3/c1-3-15-11-16(19-24-15)18(23)20-9-10-21(13(2)22)17(12-20)14-7-5-4-6-8-14/h4-8,11,17H,3,9-10,12H2,1-2H3/t17-/m1/s1. The normalized spacial score (nSPS) is 17.8. The van der Waals surface area contributed by atoms with Crippen molar-refractivity contribution in [3.8, 4) is 0 Å². The fourth-order valence-corrected chi connectivity index (χ4v) is 3.05. The van der Waals surface area contributed by atoms with Gasteiger partial charge in [0.2, 0.25) is 5.91 Å². The Balaban J connectivity index is 1.82. The molecule has 0 radical (unpaired) electrons. The van der Waals surface area contributed by atoms with E-state index in [2.05, 4.69) is 5.16 Å². The molecule has 1 aromatic carbocycles. The van der Waals surface area contributed by atoms with E-state index >= 15 is 0 Å². The third-order valence-corrected chi connectivity index (χ3v) is 4.38. The van der Waals surface area contributed by atoms with Crippen LogP contribution < -0.4 is 0 Å². The van der Waals surface area contributed by atoms with Crippen molar-refractivity contribution in [2.75, 3.05) is 19.6 Å². The molecule has 3 rings (SSSR count). The summed E-state index contributed by atoms with van der Waals surface area (Å²) >= 11 is 0. The molecule has 2 heterocycles. The second-order valence-corrected chi connectivity index (χ2v) is 5.92. The Hall–Kier alpha value is -2.63. The van der Waals surface area contributed by atoms with Crippen molar-refractivity contribution in [1.29, 1.82) is 0 Å². The Morgan fingerprint density at radius 1 is 1.25 bits per heavy atom. The number of carbonyl (C=O) groups excluding carboxylic acids is 2. The molecule has 1 atom stereocenters. The van der Waals surface area contributed by atoms with E-state index in [0.717, 1.165) is 5.56 Å². The average Bonchev–Trinajstić information content (AvgIpc) is 3.10. The van der Waals surface area contributed by atoms with Gasteiger partial charge in [0.25, 0.3) is 5.91 Å². The molecule has 1 fully saturated rings. The summed E-state index contributed by atoms with van der Waals surface area (Å²) in [5.41, 5.74) is 1.36. The zero-order valence-corrected chi connectivity index (χ0v) is 13.9. The van der Waals surface area contributed by atoms with Crippen molar-refractivity contribution in [2.24, 2.45) is 0 Å². The number of aromatic nitrogens is 1. The highest BCUT2D eigenvalue weighted by Crippen LogP contribution is 2.26. The number of benzene rings is 1. The molecule has 24 heavy (non-hydrogen) atoms. The molecular weight excluding hydrogens is 306 g/mol. The van der Waals surface area contributed by atoms with Crippen LogP contribution in [0.4, 0.5) is 0 Å². The molecule has 2 aromatic rings. The van der Waals surface area contributed by atoms with E-state index in [1.54, 1.807) is 17.9 Å². The van der Waals surface area contributed by atoms with E-state index in [4.69, 9.17) is 4.52 Å². The number of aryl methyl sites for hydroxylation is 1. The van der Waals surface area contributed by atoms with E-state index in [0.29, 0.717) is 37.5 Å². The molecule has 0 saturated carbocycles. The lowest BCUT2D eigenvalue weighted by molar-refractivity contribution is -0.133. The SMILES string of the molecule is CCc1cc(C(=O)N2CCN(C(C)=O)[C@@H](c3ccccc3)C2)no1. The second kappa shape index (κ2) is 6.86. The lowest BCUT2D eigenvalue weighted by Gasteiger charge is -2.41. The van der Waals surface area contributed by atoms with E-state index in [-0.39, 0.29) is 17.9 Å². The lowest BCUT2D eigenvalue weighted by Crippen LogP contribution is -2.51. The van der Waals surface area contributed by atoms with Crippen LogP contribution >= 0.6 is 0 Å². The number of nitrogens with zero attached hydrogens (tertiary/aromatic N) is 3. The molecular formula is C18H21N3O3. The topological polar surface area (TPSA) is 66.7 Å². The van der Waals surface area contributed by atoms with Gasteiger partial charge in [-0.15, -0.1) is 0 Å². The summed E-state index contributed by atoms with van der Waals surface area (Å²) in [5.74, 6) is 0.563. The fraction of sp³-hybridized carbons (Fsp3) is 0.389. The van der Waals surface area contributed by atoms with Crippen LogP contribution in [0.5, 0.6) is 0 Å². The molecule has 6 heteroatoms. The molecule has 1 aliphatic heterocycles. The van der Waals surface area contributed by atoms with Gasteiger partial charge in [-0.1, -0.05) is 42.4 Å². The van der Waals surface area contributed by atoms with E-state index in [9.17, 15) is 9.59 Å². The summed E-state index contributed by atoms with van der Waals surface area (Å²) in [5, 5.41) is 3.87. The van der Waals surface area contributed by atoms with Crippen LogP contribution in [0.15, 0.2) is 40.9 Å². The maximum Gasteiger partial charge on any atom is 0.276 e. The smallest absolute Gasteiger partial charge is 0.276 e. The van der Waals surface area contributed by atoms with Crippen molar-refractivity contribution in [2.45, 2.75) is 26.3 Å². The van der Waals surface area contributed by atoms with Crippen molar-refractivity contribution < 1.29 is 14.1 Å². The summed E-state index contributed by atoms with van der Waals surface area (Å²) in [6.07, 6.45) is 0.699. The van der Waals surface area contributed by atoms with Crippen molar-refractivity contribution in [3.05, 3.63) is 53.4 Å². The number of rotatable bonds is 3. The first-order valence-electron chi connectivity index (χ1n) is 8.17. The van der Waals surface area contributed by atoms with Gasteiger partial charge in [0.05, 0.1) is 6.04 Å². The molecule has 6 nitrogen and oxygen atoms in total. The van der Waals surface area contributed by atoms with Crippen LogP contribution in [0, 0.1) is 0 Å². The van der Waals surface area contributed by atoms with Crippen LogP contribution in [-0.4, -0.2) is 46.4 Å². The van der Waals surface area contributed by atoms with Gasteiger partial charge >= 0.3 is 0 Å². The molecule has 1 aliphatic rings. The van der Waals surface area contributed by atoms with Gasteiger partial charge in [-0.25, -0.2) is 0 Å². The zero-order chi connectivity index (χ0) is 17.1. The summed E-state index contributed by atoms with van der Waals surface area (Å²) in [6.45, 7) is 4.98. The van der Waals surface area contributed by atoms with E-state index < -0.39 is 0 Å². The van der Waals surface area contributed by atoms with Crippen LogP contribution in [0.25, 0.3) is 0 Å². The molecule has 0 unspecified atom stereocenters. The molecule has 0 bridgehead atoms. The number of carbonyl (C=O) groups is 2. The van der Waals surface area contributed by atoms with Gasteiger partial charge in [-0.05, 0) is 5.56 Å². The highest BCUT2D eigenvalue weighted by atomic mass is 16.5. The molecule has 0 spiro atoms. The lowest BCUT2D eigenvalue weighted by atomic mass is 10.0. The van der Waals surface area contributed by atoms with E-state index in [1.807, 2.05) is 42.2 Å². The minimum atomic E-state index is -0.150. The van der Waals surface area contributed by atoms with Gasteiger partial charge in [0.15, 0.2) is 5.69 Å². The monoisotopic (exact) mass is 327 g/mol. The first-order chi connectivity index (χ1) is 11.6. The number of amides is 2. The van der Waals surface area contributed by atoms with Gasteiger partial charge in [-0.2, -0.15) is 0 Å². The predicted molar refractivity (Wildman–Crippen MR) is 88.4 cm³/mol. The summed E-state index contributed by atoms with van der Waals surface area (Å²) in [6, 6.07) is 11.4. The third-order valence-electron chi connectivity index (χ3n) is 4.38. The highest BCUT2D eigenvalue weighted by Gasteiger charge is 2.33. The fourth-order valence-electron chi connectivity index (χ4n) is 3.05. The molecule has 0 aliphatic carbocycles. The Morgan fingerprint density at radius 2 is 2.00 bits per heavy atom. The Bertz CT molecular complexity index is 726. The molecule has 126 valence electrons. The Morgan fingerprint density at radius 3 is 2.62 bits per heavy atom. The summed E-state index contributed by atoms with van der Waals surface area (Å²) in [4.78, 5) is 28.2. The van der Waals surface area contributed by atoms with E-state index in [1.165, 1.54) is 0 Å². The Kier molecular flexibility index (Phi) is 4.64. The molecule has 0 N–H and O–H groups in total. The van der Waals surface area contributed by atoms with Gasteiger partial charge in [0, 0.05) is 39.0 Å². The second-order valence-electron chi connectivity index (χ2n) is 5.92. The Labute approximate surface area is 141 Å². The number of hydrogen-bond donors (Lipinski definition) is 0. The average molecular weight is 327 g/mol. The van der Waals surface area contributed by atoms with Crippen molar-refractivity contribution in [3.63, 3.8) is 0 Å². The molecule has 1 aromatic heterocycles. The minimum absolute atomic E-state index is 0.0191. The zero-order valence-electron chi connectivity index (χ0n) is 13.9. The van der Waals surface area contributed by atoms with Crippen LogP contribution in [0.3, 0.4) is 0 Å². The number of hydrogen-bond acceptors (Lipinski definition) is 4. The van der Waals surface area contributed by atoms with Crippen LogP contribution in [0.2, 0.25) is 0 Å². The molecule has 2 amide bonds. The maximum atomic E-state index is 12.7. The van der Waals surface area contributed by atoms with Crippen molar-refractivity contribution in [1.82, 2.24) is 15.0 Å². The quantitative estimate of drug-likeness (QED) is 0.867. The molecule has 1 saturated heterocycles. The minimum Gasteiger partial charge on any atom is -0.361 e.